The molecule has 3 rings (SSSR count). The fraction of sp³-hybridized carbons (Fsp3) is 0.407. The van der Waals surface area contributed by atoms with Crippen LogP contribution in [0.2, 0.25) is 10.0 Å². The molecule has 0 spiro atoms. The number of nitrogens with zero attached hydrogens (tertiary/aromatic N) is 2. The molecule has 188 valence electrons. The second-order valence-electron chi connectivity index (χ2n) is 8.42. The van der Waals surface area contributed by atoms with Gasteiger partial charge in [-0.05, 0) is 49.3 Å². The van der Waals surface area contributed by atoms with Gasteiger partial charge < -0.3 is 19.6 Å². The Morgan fingerprint density at radius 2 is 1.80 bits per heavy atom. The molecule has 0 aromatic heterocycles. The lowest BCUT2D eigenvalue weighted by atomic mass is 9.95. The summed E-state index contributed by atoms with van der Waals surface area (Å²) in [6.45, 7) is 9.29. The number of likely N-dealkylation sites (tertiary alicyclic amines) is 1. The summed E-state index contributed by atoms with van der Waals surface area (Å²) < 4.78 is 5.77. The highest BCUT2D eigenvalue weighted by Crippen LogP contribution is 2.41. The predicted octanol–water partition coefficient (Wildman–Crippen LogP) is 5.94. The fourth-order valence-electron chi connectivity index (χ4n) is 4.15. The minimum absolute atomic E-state index is 0.0265. The lowest BCUT2D eigenvalue weighted by Gasteiger charge is -2.28. The third-order valence-electron chi connectivity index (χ3n) is 6.23. The molecule has 1 heterocycles. The van der Waals surface area contributed by atoms with E-state index in [1.807, 2.05) is 13.8 Å². The SMILES string of the molecule is CCCCOc1cccc(C(O)=C2C(=O)C(=O)N(CCN(CC)CC)C2c2ccc(Cl)c(Cl)c2)c1. The van der Waals surface area contributed by atoms with Crippen molar-refractivity contribution in [2.24, 2.45) is 0 Å². The smallest absolute Gasteiger partial charge is 0.295 e. The monoisotopic (exact) mass is 518 g/mol. The van der Waals surface area contributed by atoms with Crippen LogP contribution >= 0.6 is 23.2 Å². The number of ketones is 1. The summed E-state index contributed by atoms with van der Waals surface area (Å²) in [6, 6.07) is 11.1. The average molecular weight is 519 g/mol. The zero-order chi connectivity index (χ0) is 25.5. The van der Waals surface area contributed by atoms with E-state index in [2.05, 4.69) is 11.8 Å². The lowest BCUT2D eigenvalue weighted by molar-refractivity contribution is -0.140. The van der Waals surface area contributed by atoms with Crippen molar-refractivity contribution < 1.29 is 19.4 Å². The summed E-state index contributed by atoms with van der Waals surface area (Å²) in [5.41, 5.74) is 1.04. The number of carbonyl (C=O) groups excluding carboxylic acids is 2. The molecule has 6 nitrogen and oxygen atoms in total. The number of aliphatic hydroxyl groups is 1. The first kappa shape index (κ1) is 27.1. The highest BCUT2D eigenvalue weighted by molar-refractivity contribution is 6.46. The van der Waals surface area contributed by atoms with Crippen LogP contribution < -0.4 is 4.74 Å². The predicted molar refractivity (Wildman–Crippen MR) is 140 cm³/mol. The first-order valence-corrected chi connectivity index (χ1v) is 12.8. The number of carbonyl (C=O) groups is 2. The van der Waals surface area contributed by atoms with Gasteiger partial charge in [0.25, 0.3) is 11.7 Å². The molecule has 2 aromatic rings. The second kappa shape index (κ2) is 12.4. The second-order valence-corrected chi connectivity index (χ2v) is 9.24. The average Bonchev–Trinajstić information content (AvgIpc) is 3.11. The Balaban J connectivity index is 2.07. The molecule has 1 N–H and O–H groups in total. The minimum atomic E-state index is -0.787. The van der Waals surface area contributed by atoms with Gasteiger partial charge in [0.15, 0.2) is 0 Å². The van der Waals surface area contributed by atoms with Gasteiger partial charge in [-0.1, -0.05) is 68.6 Å². The van der Waals surface area contributed by atoms with E-state index in [-0.39, 0.29) is 11.3 Å². The van der Waals surface area contributed by atoms with Crippen LogP contribution in [-0.4, -0.2) is 59.4 Å². The molecule has 0 radical (unpaired) electrons. The van der Waals surface area contributed by atoms with Crippen LogP contribution in [0.5, 0.6) is 5.75 Å². The van der Waals surface area contributed by atoms with Gasteiger partial charge in [-0.3, -0.25) is 9.59 Å². The standard InChI is InChI=1S/C27H32Cl2N2O4/c1-4-7-15-35-20-10-8-9-19(16-20)25(32)23-24(18-11-12-21(28)22(29)17-18)31(27(34)26(23)33)14-13-30(5-2)6-3/h8-12,16-17,24,32H,4-7,13-15H2,1-3H3. The van der Waals surface area contributed by atoms with Gasteiger partial charge in [0.2, 0.25) is 0 Å². The van der Waals surface area contributed by atoms with E-state index < -0.39 is 17.7 Å². The number of benzene rings is 2. The van der Waals surface area contributed by atoms with Crippen LogP contribution in [0.1, 0.15) is 50.8 Å². The molecule has 1 fully saturated rings. The van der Waals surface area contributed by atoms with Crippen LogP contribution in [0.15, 0.2) is 48.0 Å². The van der Waals surface area contributed by atoms with E-state index in [0.717, 1.165) is 25.9 Å². The summed E-state index contributed by atoms with van der Waals surface area (Å²) in [7, 11) is 0. The quantitative estimate of drug-likeness (QED) is 0.172. The van der Waals surface area contributed by atoms with Crippen molar-refractivity contribution in [3.8, 4) is 5.75 Å². The molecule has 0 bridgehead atoms. The maximum atomic E-state index is 13.2. The summed E-state index contributed by atoms with van der Waals surface area (Å²) >= 11 is 12.4. The van der Waals surface area contributed by atoms with Crippen molar-refractivity contribution in [1.82, 2.24) is 9.80 Å². The van der Waals surface area contributed by atoms with Crippen LogP contribution in [0, 0.1) is 0 Å². The van der Waals surface area contributed by atoms with Crippen LogP contribution in [-0.2, 0) is 9.59 Å². The summed E-state index contributed by atoms with van der Waals surface area (Å²) in [5, 5.41) is 12.0. The Labute approximate surface area is 217 Å². The maximum Gasteiger partial charge on any atom is 0.295 e. The van der Waals surface area contributed by atoms with E-state index in [9.17, 15) is 14.7 Å². The van der Waals surface area contributed by atoms with Gasteiger partial charge in [-0.2, -0.15) is 0 Å². The van der Waals surface area contributed by atoms with Crippen LogP contribution in [0.25, 0.3) is 5.76 Å². The number of aliphatic hydroxyl groups excluding tert-OH is 1. The molecule has 0 saturated carbocycles. The minimum Gasteiger partial charge on any atom is -0.507 e. The molecule has 1 aliphatic heterocycles. The fourth-order valence-corrected chi connectivity index (χ4v) is 4.46. The number of rotatable bonds is 11. The van der Waals surface area contributed by atoms with Gasteiger partial charge in [0, 0.05) is 18.7 Å². The molecule has 1 amide bonds. The van der Waals surface area contributed by atoms with Crippen molar-refractivity contribution in [2.45, 2.75) is 39.7 Å². The number of amides is 1. The molecule has 2 aromatic carbocycles. The summed E-state index contributed by atoms with van der Waals surface area (Å²) in [5.74, 6) is -1.03. The van der Waals surface area contributed by atoms with Crippen molar-refractivity contribution in [2.75, 3.05) is 32.8 Å². The van der Waals surface area contributed by atoms with Gasteiger partial charge in [-0.15, -0.1) is 0 Å². The Morgan fingerprint density at radius 1 is 1.06 bits per heavy atom. The van der Waals surface area contributed by atoms with Gasteiger partial charge in [0.1, 0.15) is 11.5 Å². The Hall–Kier alpha value is -2.54. The molecule has 1 saturated heterocycles. The highest BCUT2D eigenvalue weighted by atomic mass is 35.5. The number of hydrogen-bond donors (Lipinski definition) is 1. The first-order valence-electron chi connectivity index (χ1n) is 12.0. The van der Waals surface area contributed by atoms with E-state index in [1.165, 1.54) is 4.90 Å². The molecule has 1 aliphatic rings. The Bertz CT molecular complexity index is 1100. The van der Waals surface area contributed by atoms with Crippen molar-refractivity contribution in [1.29, 1.82) is 0 Å². The van der Waals surface area contributed by atoms with Crippen molar-refractivity contribution in [3.63, 3.8) is 0 Å². The van der Waals surface area contributed by atoms with Gasteiger partial charge in [-0.25, -0.2) is 0 Å². The number of likely N-dealkylation sites (N-methyl/N-ethyl adjacent to an activating group) is 1. The summed E-state index contributed by atoms with van der Waals surface area (Å²) in [4.78, 5) is 30.1. The number of unbranched alkanes of at least 4 members (excludes halogenated alkanes) is 1. The molecular weight excluding hydrogens is 487 g/mol. The van der Waals surface area contributed by atoms with Crippen LogP contribution in [0.4, 0.5) is 0 Å². The van der Waals surface area contributed by atoms with E-state index in [1.54, 1.807) is 42.5 Å². The van der Waals surface area contributed by atoms with E-state index in [4.69, 9.17) is 27.9 Å². The zero-order valence-corrected chi connectivity index (χ0v) is 21.9. The molecule has 0 aliphatic carbocycles. The summed E-state index contributed by atoms with van der Waals surface area (Å²) in [6.07, 6.45) is 1.91. The largest absolute Gasteiger partial charge is 0.507 e. The lowest BCUT2D eigenvalue weighted by Crippen LogP contribution is -2.38. The Kier molecular flexibility index (Phi) is 9.61. The first-order chi connectivity index (χ1) is 16.8. The number of ether oxygens (including phenoxy) is 1. The number of hydrogen-bond acceptors (Lipinski definition) is 5. The maximum absolute atomic E-state index is 13.2. The third kappa shape index (κ3) is 6.18. The Morgan fingerprint density at radius 3 is 2.46 bits per heavy atom. The normalized spacial score (nSPS) is 17.4. The van der Waals surface area contributed by atoms with Gasteiger partial charge in [0.05, 0.1) is 28.3 Å². The van der Waals surface area contributed by atoms with Crippen LogP contribution in [0.3, 0.4) is 0 Å². The van der Waals surface area contributed by atoms with Crippen molar-refractivity contribution >= 4 is 40.7 Å². The highest BCUT2D eigenvalue weighted by Gasteiger charge is 2.46. The number of halogens is 2. The molecule has 1 atom stereocenters. The topological polar surface area (TPSA) is 70.1 Å². The third-order valence-corrected chi connectivity index (χ3v) is 6.96. The molecule has 35 heavy (non-hydrogen) atoms. The molecular formula is C27H32Cl2N2O4. The van der Waals surface area contributed by atoms with Gasteiger partial charge >= 0.3 is 0 Å². The van der Waals surface area contributed by atoms with Crippen molar-refractivity contribution in [3.05, 3.63) is 69.2 Å². The molecule has 8 heteroatoms. The van der Waals surface area contributed by atoms with E-state index in [0.29, 0.717) is 46.6 Å². The zero-order valence-electron chi connectivity index (χ0n) is 20.4. The van der Waals surface area contributed by atoms with E-state index >= 15 is 0 Å². The molecule has 1 unspecified atom stereocenters. The number of Topliss-reactive ketones (excluding diaryl/α,β-unsaturated/α-hetero) is 1.